The van der Waals surface area contributed by atoms with E-state index < -0.39 is 0 Å². The van der Waals surface area contributed by atoms with Gasteiger partial charge in [-0.15, -0.1) is 0 Å². The van der Waals surface area contributed by atoms with Gasteiger partial charge in [0.1, 0.15) is 6.07 Å². The number of hydrogen-bond acceptors (Lipinski definition) is 3. The van der Waals surface area contributed by atoms with Crippen LogP contribution in [-0.2, 0) is 0 Å². The summed E-state index contributed by atoms with van der Waals surface area (Å²) in [6.07, 6.45) is 0. The average Bonchev–Trinajstić information content (AvgIpc) is 2.63. The van der Waals surface area contributed by atoms with Crippen LogP contribution in [0.25, 0.3) is 0 Å². The first-order valence-electron chi connectivity index (χ1n) is 5.43. The van der Waals surface area contributed by atoms with Crippen molar-refractivity contribution in [3.05, 3.63) is 28.0 Å². The van der Waals surface area contributed by atoms with Gasteiger partial charge in [0.05, 0.1) is 15.7 Å². The summed E-state index contributed by atoms with van der Waals surface area (Å²) in [5, 5.41) is 8.80. The molecule has 2 rings (SSSR count). The summed E-state index contributed by atoms with van der Waals surface area (Å²) in [5.41, 5.74) is 6.74. The SMILES string of the molecule is CC1CN(c2ccc(C#N)c(Br)c2F)CC1N. The summed E-state index contributed by atoms with van der Waals surface area (Å²) >= 11 is 3.11. The second-order valence-electron chi connectivity index (χ2n) is 4.42. The van der Waals surface area contributed by atoms with Crippen LogP contribution in [0.3, 0.4) is 0 Å². The molecule has 0 amide bonds. The van der Waals surface area contributed by atoms with E-state index in [-0.39, 0.29) is 16.3 Å². The summed E-state index contributed by atoms with van der Waals surface area (Å²) in [6, 6.07) is 5.28. The molecule has 17 heavy (non-hydrogen) atoms. The van der Waals surface area contributed by atoms with E-state index in [0.29, 0.717) is 23.7 Å². The third-order valence-corrected chi connectivity index (χ3v) is 3.97. The Hall–Kier alpha value is -1.12. The van der Waals surface area contributed by atoms with Crippen molar-refractivity contribution in [3.63, 3.8) is 0 Å². The molecule has 0 bridgehead atoms. The number of rotatable bonds is 1. The molecule has 0 aliphatic carbocycles. The minimum Gasteiger partial charge on any atom is -0.367 e. The van der Waals surface area contributed by atoms with Crippen molar-refractivity contribution in [2.45, 2.75) is 13.0 Å². The zero-order valence-corrected chi connectivity index (χ0v) is 11.0. The molecular weight excluding hydrogens is 285 g/mol. The van der Waals surface area contributed by atoms with Crippen molar-refractivity contribution in [2.24, 2.45) is 11.7 Å². The summed E-state index contributed by atoms with van der Waals surface area (Å²) in [7, 11) is 0. The number of nitrogens with zero attached hydrogens (tertiary/aromatic N) is 2. The van der Waals surface area contributed by atoms with E-state index in [4.69, 9.17) is 11.0 Å². The predicted molar refractivity (Wildman–Crippen MR) is 68.2 cm³/mol. The lowest BCUT2D eigenvalue weighted by atomic mass is 10.1. The molecule has 1 aliphatic heterocycles. The van der Waals surface area contributed by atoms with Crippen LogP contribution in [0.5, 0.6) is 0 Å². The van der Waals surface area contributed by atoms with Crippen LogP contribution >= 0.6 is 15.9 Å². The lowest BCUT2D eigenvalue weighted by molar-refractivity contribution is 0.565. The van der Waals surface area contributed by atoms with Gasteiger partial charge in [-0.05, 0) is 34.0 Å². The Balaban J connectivity index is 2.36. The molecule has 1 aromatic carbocycles. The van der Waals surface area contributed by atoms with Gasteiger partial charge in [0.2, 0.25) is 0 Å². The van der Waals surface area contributed by atoms with Crippen molar-refractivity contribution in [2.75, 3.05) is 18.0 Å². The Morgan fingerprint density at radius 3 is 2.76 bits per heavy atom. The predicted octanol–water partition coefficient (Wildman–Crippen LogP) is 2.24. The molecular formula is C12H13BrFN3. The average molecular weight is 298 g/mol. The van der Waals surface area contributed by atoms with E-state index >= 15 is 0 Å². The van der Waals surface area contributed by atoms with Gasteiger partial charge in [-0.3, -0.25) is 0 Å². The second-order valence-corrected chi connectivity index (χ2v) is 5.21. The largest absolute Gasteiger partial charge is 0.367 e. The molecule has 1 heterocycles. The molecule has 0 spiro atoms. The van der Waals surface area contributed by atoms with Crippen LogP contribution < -0.4 is 10.6 Å². The lowest BCUT2D eigenvalue weighted by Crippen LogP contribution is -2.28. The number of nitriles is 1. The molecule has 1 fully saturated rings. The van der Waals surface area contributed by atoms with Gasteiger partial charge in [0, 0.05) is 19.1 Å². The lowest BCUT2D eigenvalue weighted by Gasteiger charge is -2.19. The zero-order chi connectivity index (χ0) is 12.6. The first kappa shape index (κ1) is 12.3. The molecule has 2 atom stereocenters. The third-order valence-electron chi connectivity index (χ3n) is 3.19. The van der Waals surface area contributed by atoms with Gasteiger partial charge in [-0.25, -0.2) is 4.39 Å². The first-order valence-corrected chi connectivity index (χ1v) is 6.22. The Bertz CT molecular complexity index is 473. The summed E-state index contributed by atoms with van der Waals surface area (Å²) < 4.78 is 14.3. The maximum Gasteiger partial charge on any atom is 0.161 e. The van der Waals surface area contributed by atoms with Crippen LogP contribution in [0.2, 0.25) is 0 Å². The fourth-order valence-electron chi connectivity index (χ4n) is 2.06. The quantitative estimate of drug-likeness (QED) is 0.865. The molecule has 1 aliphatic rings. The van der Waals surface area contributed by atoms with E-state index in [0.717, 1.165) is 6.54 Å². The monoisotopic (exact) mass is 297 g/mol. The first-order chi connectivity index (χ1) is 8.04. The summed E-state index contributed by atoms with van der Waals surface area (Å²) in [6.45, 7) is 3.45. The van der Waals surface area contributed by atoms with Gasteiger partial charge in [0.15, 0.2) is 5.82 Å². The molecule has 1 saturated heterocycles. The van der Waals surface area contributed by atoms with E-state index in [1.54, 1.807) is 12.1 Å². The topological polar surface area (TPSA) is 53.0 Å². The number of anilines is 1. The maximum atomic E-state index is 14.1. The van der Waals surface area contributed by atoms with Gasteiger partial charge in [-0.2, -0.15) is 5.26 Å². The van der Waals surface area contributed by atoms with E-state index in [1.807, 2.05) is 11.0 Å². The van der Waals surface area contributed by atoms with Crippen molar-refractivity contribution in [1.29, 1.82) is 5.26 Å². The maximum absolute atomic E-state index is 14.1. The van der Waals surface area contributed by atoms with Gasteiger partial charge in [0.25, 0.3) is 0 Å². The highest BCUT2D eigenvalue weighted by atomic mass is 79.9. The molecule has 0 radical (unpaired) electrons. The highest BCUT2D eigenvalue weighted by Gasteiger charge is 2.29. The van der Waals surface area contributed by atoms with E-state index in [1.165, 1.54) is 0 Å². The van der Waals surface area contributed by atoms with Crippen LogP contribution in [0.4, 0.5) is 10.1 Å². The Labute approximate surface area is 108 Å². The standard InChI is InChI=1S/C12H13BrFN3/c1-7-5-17(6-9(7)16)10-3-2-8(4-15)11(13)12(10)14/h2-3,7,9H,5-6,16H2,1H3. The fraction of sp³-hybridized carbons (Fsp3) is 0.417. The summed E-state index contributed by atoms with van der Waals surface area (Å²) in [4.78, 5) is 1.93. The van der Waals surface area contributed by atoms with Crippen LogP contribution in [0.1, 0.15) is 12.5 Å². The number of halogens is 2. The highest BCUT2D eigenvalue weighted by molar-refractivity contribution is 9.10. The molecule has 0 saturated carbocycles. The number of hydrogen-bond donors (Lipinski definition) is 1. The Morgan fingerprint density at radius 1 is 1.53 bits per heavy atom. The Kier molecular flexibility index (Phi) is 3.36. The zero-order valence-electron chi connectivity index (χ0n) is 9.45. The van der Waals surface area contributed by atoms with Crippen molar-refractivity contribution in [1.82, 2.24) is 0 Å². The molecule has 2 N–H and O–H groups in total. The normalized spacial score (nSPS) is 23.8. The van der Waals surface area contributed by atoms with Crippen molar-refractivity contribution in [3.8, 4) is 6.07 Å². The van der Waals surface area contributed by atoms with Crippen LogP contribution in [-0.4, -0.2) is 19.1 Å². The van der Waals surface area contributed by atoms with E-state index in [2.05, 4.69) is 22.9 Å². The fourth-order valence-corrected chi connectivity index (χ4v) is 2.48. The van der Waals surface area contributed by atoms with E-state index in [9.17, 15) is 4.39 Å². The molecule has 5 heteroatoms. The number of benzene rings is 1. The van der Waals surface area contributed by atoms with Crippen molar-refractivity contribution >= 4 is 21.6 Å². The van der Waals surface area contributed by atoms with Gasteiger partial charge < -0.3 is 10.6 Å². The highest BCUT2D eigenvalue weighted by Crippen LogP contribution is 2.31. The van der Waals surface area contributed by atoms with Gasteiger partial charge >= 0.3 is 0 Å². The molecule has 3 nitrogen and oxygen atoms in total. The van der Waals surface area contributed by atoms with Crippen LogP contribution in [0, 0.1) is 23.1 Å². The molecule has 90 valence electrons. The molecule has 1 aromatic rings. The minimum atomic E-state index is -0.384. The second kappa shape index (κ2) is 4.63. The van der Waals surface area contributed by atoms with Crippen LogP contribution in [0.15, 0.2) is 16.6 Å². The summed E-state index contributed by atoms with van der Waals surface area (Å²) in [5.74, 6) is -0.0332. The smallest absolute Gasteiger partial charge is 0.161 e. The molecule has 0 aromatic heterocycles. The number of nitrogens with two attached hydrogens (primary N) is 1. The molecule has 2 unspecified atom stereocenters. The van der Waals surface area contributed by atoms with Gasteiger partial charge in [-0.1, -0.05) is 6.92 Å². The third kappa shape index (κ3) is 2.15. The van der Waals surface area contributed by atoms with Crippen molar-refractivity contribution < 1.29 is 4.39 Å². The minimum absolute atomic E-state index is 0.0730. The Morgan fingerprint density at radius 2 is 2.24 bits per heavy atom.